The van der Waals surface area contributed by atoms with Crippen LogP contribution in [0.1, 0.15) is 0 Å². The van der Waals surface area contributed by atoms with E-state index in [0.717, 1.165) is 11.0 Å². The highest BCUT2D eigenvalue weighted by Crippen LogP contribution is 2.25. The van der Waals surface area contributed by atoms with Crippen molar-refractivity contribution in [3.63, 3.8) is 0 Å². The zero-order chi connectivity index (χ0) is 16.1. The molecule has 3 rings (SSSR count). The number of hydrogen-bond acceptors (Lipinski definition) is 5. The van der Waals surface area contributed by atoms with E-state index in [4.69, 9.17) is 9.47 Å². The number of aromatic nitrogens is 2. The zero-order valence-corrected chi connectivity index (χ0v) is 12.5. The monoisotopic (exact) mass is 309 g/mol. The number of ether oxygens (including phenoxy) is 2. The Labute approximate surface area is 133 Å². The number of amides is 1. The van der Waals surface area contributed by atoms with E-state index in [9.17, 15) is 4.79 Å². The van der Waals surface area contributed by atoms with Crippen LogP contribution in [0, 0.1) is 0 Å². The van der Waals surface area contributed by atoms with Crippen LogP contribution in [0.3, 0.4) is 0 Å². The lowest BCUT2D eigenvalue weighted by Gasteiger charge is -2.10. The van der Waals surface area contributed by atoms with Gasteiger partial charge in [-0.3, -0.25) is 14.8 Å². The van der Waals surface area contributed by atoms with Crippen LogP contribution in [-0.4, -0.2) is 29.6 Å². The van der Waals surface area contributed by atoms with E-state index in [-0.39, 0.29) is 12.5 Å². The van der Waals surface area contributed by atoms with Crippen molar-refractivity contribution in [2.24, 2.45) is 0 Å². The maximum absolute atomic E-state index is 12.0. The van der Waals surface area contributed by atoms with Gasteiger partial charge >= 0.3 is 0 Å². The van der Waals surface area contributed by atoms with Gasteiger partial charge in [0, 0.05) is 18.1 Å². The molecule has 6 heteroatoms. The molecule has 1 amide bonds. The molecule has 0 atom stereocenters. The summed E-state index contributed by atoms with van der Waals surface area (Å²) in [5.41, 5.74) is 2.14. The van der Waals surface area contributed by atoms with Gasteiger partial charge < -0.3 is 14.8 Å². The number of methoxy groups -OCH3 is 1. The molecular weight excluding hydrogens is 294 g/mol. The number of hydrogen-bond donors (Lipinski definition) is 1. The van der Waals surface area contributed by atoms with Crippen molar-refractivity contribution >= 4 is 22.6 Å². The van der Waals surface area contributed by atoms with Gasteiger partial charge in [0.25, 0.3) is 5.91 Å². The van der Waals surface area contributed by atoms with Crippen LogP contribution in [0.5, 0.6) is 11.5 Å². The fraction of sp³-hybridized carbons (Fsp3) is 0.118. The molecule has 0 saturated carbocycles. The standard InChI is InChI=1S/C17H15N3O3/c1-22-15-4-2-3-5-16(15)23-11-17(21)20-12-6-7-13-14(10-12)19-9-8-18-13/h2-10H,11H2,1H3,(H,20,21). The topological polar surface area (TPSA) is 73.3 Å². The third-order valence-corrected chi connectivity index (χ3v) is 3.18. The van der Waals surface area contributed by atoms with Crippen molar-refractivity contribution in [3.8, 4) is 11.5 Å². The molecule has 1 aromatic heterocycles. The first-order valence-corrected chi connectivity index (χ1v) is 7.03. The third kappa shape index (κ3) is 3.55. The van der Waals surface area contributed by atoms with Crippen LogP contribution in [0.15, 0.2) is 54.9 Å². The summed E-state index contributed by atoms with van der Waals surface area (Å²) in [6.45, 7) is -0.112. The number of carbonyl (C=O) groups is 1. The number of nitrogens with one attached hydrogen (secondary N) is 1. The van der Waals surface area contributed by atoms with E-state index in [0.29, 0.717) is 17.2 Å². The molecule has 1 N–H and O–H groups in total. The number of carbonyl (C=O) groups excluding carboxylic acids is 1. The van der Waals surface area contributed by atoms with E-state index >= 15 is 0 Å². The number of nitrogens with zero attached hydrogens (tertiary/aromatic N) is 2. The van der Waals surface area contributed by atoms with Crippen molar-refractivity contribution in [2.45, 2.75) is 0 Å². The normalized spacial score (nSPS) is 10.3. The van der Waals surface area contributed by atoms with E-state index in [2.05, 4.69) is 15.3 Å². The Morgan fingerprint density at radius 3 is 2.57 bits per heavy atom. The molecule has 2 aromatic carbocycles. The molecule has 3 aromatic rings. The number of rotatable bonds is 5. The third-order valence-electron chi connectivity index (χ3n) is 3.18. The molecule has 6 nitrogen and oxygen atoms in total. The van der Waals surface area contributed by atoms with Gasteiger partial charge in [-0.05, 0) is 30.3 Å². The van der Waals surface area contributed by atoms with Crippen LogP contribution >= 0.6 is 0 Å². The average molecular weight is 309 g/mol. The van der Waals surface area contributed by atoms with Crippen LogP contribution in [0.25, 0.3) is 11.0 Å². The molecule has 0 fully saturated rings. The van der Waals surface area contributed by atoms with Crippen LogP contribution in [0.4, 0.5) is 5.69 Å². The molecule has 0 saturated heterocycles. The first kappa shape index (κ1) is 14.8. The highest BCUT2D eigenvalue weighted by molar-refractivity contribution is 5.93. The van der Waals surface area contributed by atoms with Gasteiger partial charge in [-0.2, -0.15) is 0 Å². The molecule has 1 heterocycles. The second-order valence-corrected chi connectivity index (χ2v) is 4.75. The Morgan fingerprint density at radius 2 is 1.78 bits per heavy atom. The summed E-state index contributed by atoms with van der Waals surface area (Å²) in [5, 5.41) is 2.77. The zero-order valence-electron chi connectivity index (χ0n) is 12.5. The van der Waals surface area contributed by atoms with E-state index in [1.54, 1.807) is 49.8 Å². The van der Waals surface area contributed by atoms with Crippen molar-refractivity contribution in [1.29, 1.82) is 0 Å². The lowest BCUT2D eigenvalue weighted by molar-refractivity contribution is -0.118. The number of fused-ring (bicyclic) bond motifs is 1. The van der Waals surface area contributed by atoms with Gasteiger partial charge in [-0.15, -0.1) is 0 Å². The average Bonchev–Trinajstić information content (AvgIpc) is 2.60. The molecule has 23 heavy (non-hydrogen) atoms. The van der Waals surface area contributed by atoms with Crippen LogP contribution < -0.4 is 14.8 Å². The fourth-order valence-corrected chi connectivity index (χ4v) is 2.12. The maximum Gasteiger partial charge on any atom is 0.262 e. The van der Waals surface area contributed by atoms with Gasteiger partial charge in [0.2, 0.25) is 0 Å². The van der Waals surface area contributed by atoms with Crippen molar-refractivity contribution in [3.05, 3.63) is 54.9 Å². The summed E-state index contributed by atoms with van der Waals surface area (Å²) < 4.78 is 10.7. The predicted molar refractivity (Wildman–Crippen MR) is 86.7 cm³/mol. The first-order chi connectivity index (χ1) is 11.3. The highest BCUT2D eigenvalue weighted by atomic mass is 16.5. The Kier molecular flexibility index (Phi) is 4.33. The molecular formula is C17H15N3O3. The summed E-state index contributed by atoms with van der Waals surface area (Å²) in [6, 6.07) is 12.5. The smallest absolute Gasteiger partial charge is 0.262 e. The summed E-state index contributed by atoms with van der Waals surface area (Å²) >= 11 is 0. The molecule has 0 aliphatic carbocycles. The largest absolute Gasteiger partial charge is 0.493 e. The Hall–Kier alpha value is -3.15. The highest BCUT2D eigenvalue weighted by Gasteiger charge is 2.08. The molecule has 0 spiro atoms. The lowest BCUT2D eigenvalue weighted by Crippen LogP contribution is -2.20. The minimum atomic E-state index is -0.265. The van der Waals surface area contributed by atoms with Crippen LogP contribution in [0.2, 0.25) is 0 Å². The molecule has 116 valence electrons. The predicted octanol–water partition coefficient (Wildman–Crippen LogP) is 2.66. The fourth-order valence-electron chi connectivity index (χ4n) is 2.12. The molecule has 0 unspecified atom stereocenters. The van der Waals surface area contributed by atoms with Gasteiger partial charge in [0.05, 0.1) is 18.1 Å². The molecule has 0 bridgehead atoms. The quantitative estimate of drug-likeness (QED) is 0.784. The Balaban J connectivity index is 1.64. The number of para-hydroxylation sites is 2. The number of benzene rings is 2. The van der Waals surface area contributed by atoms with Crippen molar-refractivity contribution in [2.75, 3.05) is 19.0 Å². The van der Waals surface area contributed by atoms with E-state index < -0.39 is 0 Å². The van der Waals surface area contributed by atoms with E-state index in [1.807, 2.05) is 12.1 Å². The SMILES string of the molecule is COc1ccccc1OCC(=O)Nc1ccc2nccnc2c1. The van der Waals surface area contributed by atoms with Crippen molar-refractivity contribution < 1.29 is 14.3 Å². The second kappa shape index (κ2) is 6.74. The maximum atomic E-state index is 12.0. The van der Waals surface area contributed by atoms with Gasteiger partial charge in [0.1, 0.15) is 0 Å². The first-order valence-electron chi connectivity index (χ1n) is 7.03. The minimum absolute atomic E-state index is 0.112. The van der Waals surface area contributed by atoms with Gasteiger partial charge in [-0.25, -0.2) is 0 Å². The van der Waals surface area contributed by atoms with Crippen molar-refractivity contribution in [1.82, 2.24) is 9.97 Å². The van der Waals surface area contributed by atoms with Crippen LogP contribution in [-0.2, 0) is 4.79 Å². The van der Waals surface area contributed by atoms with Gasteiger partial charge in [0.15, 0.2) is 18.1 Å². The molecule has 0 radical (unpaired) electrons. The minimum Gasteiger partial charge on any atom is -0.493 e. The second-order valence-electron chi connectivity index (χ2n) is 4.75. The lowest BCUT2D eigenvalue weighted by atomic mass is 10.2. The van der Waals surface area contributed by atoms with E-state index in [1.165, 1.54) is 0 Å². The Morgan fingerprint density at radius 1 is 1.04 bits per heavy atom. The summed E-state index contributed by atoms with van der Waals surface area (Å²) in [7, 11) is 1.55. The molecule has 0 aliphatic heterocycles. The summed E-state index contributed by atoms with van der Waals surface area (Å²) in [5.74, 6) is 0.843. The number of anilines is 1. The summed E-state index contributed by atoms with van der Waals surface area (Å²) in [4.78, 5) is 20.4. The van der Waals surface area contributed by atoms with Gasteiger partial charge in [-0.1, -0.05) is 12.1 Å². The Bertz CT molecular complexity index is 836. The summed E-state index contributed by atoms with van der Waals surface area (Å²) in [6.07, 6.45) is 3.24. The molecule has 0 aliphatic rings.